The Morgan fingerprint density at radius 1 is 1.06 bits per heavy atom. The number of nitrogens with zero attached hydrogens (tertiary/aromatic N) is 2. The van der Waals surface area contributed by atoms with E-state index in [2.05, 4.69) is 15.6 Å². The number of benzene rings is 2. The molecule has 1 aliphatic rings. The molecule has 3 rings (SSSR count). The Morgan fingerprint density at radius 2 is 1.74 bits per heavy atom. The molecule has 6 nitrogen and oxygen atoms in total. The van der Waals surface area contributed by atoms with Crippen molar-refractivity contribution in [1.29, 1.82) is 0 Å². The van der Waals surface area contributed by atoms with Gasteiger partial charge in [0, 0.05) is 24.7 Å². The minimum Gasteiger partial charge on any atom is -0.391 e. The molecule has 35 heavy (non-hydrogen) atoms. The zero-order chi connectivity index (χ0) is 25.3. The first kappa shape index (κ1) is 26.5. The van der Waals surface area contributed by atoms with E-state index in [1.165, 1.54) is 6.07 Å². The van der Waals surface area contributed by atoms with E-state index in [0.717, 1.165) is 43.2 Å². The van der Waals surface area contributed by atoms with Crippen molar-refractivity contribution in [2.24, 2.45) is 10.3 Å². The third-order valence-electron chi connectivity index (χ3n) is 6.22. The quantitative estimate of drug-likeness (QED) is 0.180. The summed E-state index contributed by atoms with van der Waals surface area (Å²) in [4.78, 5) is 26.3. The van der Waals surface area contributed by atoms with Crippen LogP contribution < -0.4 is 5.32 Å². The molecule has 0 bridgehead atoms. The lowest BCUT2D eigenvalue weighted by Crippen LogP contribution is -2.17. The Kier molecular flexibility index (Phi) is 9.54. The summed E-state index contributed by atoms with van der Waals surface area (Å²) in [6, 6.07) is 12.0. The van der Waals surface area contributed by atoms with Gasteiger partial charge in [0.25, 0.3) is 5.91 Å². The van der Waals surface area contributed by atoms with E-state index in [0.29, 0.717) is 29.9 Å². The monoisotopic (exact) mass is 489 g/mol. The number of oxime groups is 1. The van der Waals surface area contributed by atoms with E-state index in [-0.39, 0.29) is 18.9 Å². The fraction of sp³-hybridized carbons (Fsp3) is 0.462. The van der Waals surface area contributed by atoms with Crippen molar-refractivity contribution in [2.75, 3.05) is 6.54 Å². The van der Waals surface area contributed by atoms with Crippen molar-refractivity contribution in [3.63, 3.8) is 0 Å². The Bertz CT molecular complexity index is 1030. The van der Waals surface area contributed by atoms with Crippen molar-refractivity contribution in [3.05, 3.63) is 75.2 Å². The third-order valence-corrected chi connectivity index (χ3v) is 6.22. The molecule has 0 radical (unpaired) electrons. The number of nitroso groups, excluding NO2 is 1. The van der Waals surface area contributed by atoms with E-state index in [4.69, 9.17) is 4.84 Å². The summed E-state index contributed by atoms with van der Waals surface area (Å²) in [7, 11) is 0. The molecular formula is C26H30F3N3O3. The maximum absolute atomic E-state index is 13.7. The second kappa shape index (κ2) is 12.6. The smallest absolute Gasteiger partial charge is 0.391 e. The number of hydrogen-bond donors (Lipinski definition) is 1. The molecule has 1 N–H and O–H groups in total. The van der Waals surface area contributed by atoms with Crippen LogP contribution in [0.4, 0.5) is 13.2 Å². The van der Waals surface area contributed by atoms with Gasteiger partial charge in [0.05, 0.1) is 11.3 Å². The summed E-state index contributed by atoms with van der Waals surface area (Å²) >= 11 is 0. The Labute approximate surface area is 202 Å². The van der Waals surface area contributed by atoms with Crippen LogP contribution >= 0.6 is 0 Å². The van der Waals surface area contributed by atoms with Crippen LogP contribution in [0.2, 0.25) is 0 Å². The number of carbonyl (C=O) groups is 1. The predicted octanol–water partition coefficient (Wildman–Crippen LogP) is 6.47. The number of rotatable bonds is 10. The maximum Gasteiger partial charge on any atom is 0.416 e. The van der Waals surface area contributed by atoms with Crippen LogP contribution in [0.1, 0.15) is 79.2 Å². The van der Waals surface area contributed by atoms with Gasteiger partial charge in [0.1, 0.15) is 6.61 Å². The van der Waals surface area contributed by atoms with Crippen LogP contribution in [0.15, 0.2) is 52.8 Å². The number of nitrogens with one attached hydrogen (secondary N) is 1. The molecule has 0 unspecified atom stereocenters. The second-order valence-corrected chi connectivity index (χ2v) is 8.81. The highest BCUT2D eigenvalue weighted by Crippen LogP contribution is 2.41. The fourth-order valence-electron chi connectivity index (χ4n) is 4.30. The summed E-state index contributed by atoms with van der Waals surface area (Å²) in [5.74, 6) is -0.723. The van der Waals surface area contributed by atoms with Gasteiger partial charge in [0.2, 0.25) is 0 Å². The van der Waals surface area contributed by atoms with Crippen LogP contribution in [0, 0.1) is 4.91 Å². The summed E-state index contributed by atoms with van der Waals surface area (Å²) in [6.07, 6.45) is 0.279. The van der Waals surface area contributed by atoms with E-state index in [1.807, 2.05) is 24.3 Å². The molecule has 1 aliphatic carbocycles. The molecule has 0 atom stereocenters. The molecular weight excluding hydrogens is 459 g/mol. The van der Waals surface area contributed by atoms with E-state index >= 15 is 0 Å². The Hall–Kier alpha value is -3.07. The van der Waals surface area contributed by atoms with Crippen molar-refractivity contribution in [1.82, 2.24) is 5.32 Å². The van der Waals surface area contributed by atoms with Gasteiger partial charge >= 0.3 is 6.18 Å². The minimum absolute atomic E-state index is 0.0374. The molecule has 2 aromatic rings. The summed E-state index contributed by atoms with van der Waals surface area (Å²) < 4.78 is 41.2. The molecule has 0 heterocycles. The lowest BCUT2D eigenvalue weighted by molar-refractivity contribution is -0.138. The number of halogens is 3. The van der Waals surface area contributed by atoms with Gasteiger partial charge in [-0.2, -0.15) is 13.2 Å². The van der Waals surface area contributed by atoms with Crippen LogP contribution in [-0.2, 0) is 29.0 Å². The molecule has 9 heteroatoms. The van der Waals surface area contributed by atoms with Crippen molar-refractivity contribution >= 4 is 11.6 Å². The van der Waals surface area contributed by atoms with Gasteiger partial charge in [-0.1, -0.05) is 60.8 Å². The summed E-state index contributed by atoms with van der Waals surface area (Å²) in [5, 5.41) is 9.47. The molecule has 2 aromatic carbocycles. The lowest BCUT2D eigenvalue weighted by Gasteiger charge is -2.25. The average Bonchev–Trinajstić information content (AvgIpc) is 2.86. The topological polar surface area (TPSA) is 80.1 Å². The first-order valence-electron chi connectivity index (χ1n) is 11.8. The second-order valence-electron chi connectivity index (χ2n) is 8.81. The van der Waals surface area contributed by atoms with Crippen molar-refractivity contribution in [2.45, 2.75) is 70.7 Å². The number of hydrogen-bond acceptors (Lipinski definition) is 5. The normalized spacial score (nSPS) is 15.1. The standard InChI is InChI=1S/C26H30F3N3O3/c1-18(21-10-7-19(8-11-21)16-30-14-13-25(33)31-34)32-35-17-20-9-12-23(22-5-3-2-4-6-22)24(15-20)26(27,28)29/h7-12,15,22,30H,2-6,13-14,16-17H2,1H3/b32-18+. The number of carbonyl (C=O) groups excluding carboxylic acids is 1. The largest absolute Gasteiger partial charge is 0.416 e. The molecule has 1 amide bonds. The van der Waals surface area contributed by atoms with Gasteiger partial charge in [0.15, 0.2) is 0 Å². The molecule has 0 aromatic heterocycles. The SMILES string of the molecule is C/C(=N\OCc1ccc(C2CCCCC2)c(C(F)(F)F)c1)c1ccc(CNCCC(=O)N=O)cc1. The fourth-order valence-corrected chi connectivity index (χ4v) is 4.30. The van der Waals surface area contributed by atoms with Crippen molar-refractivity contribution in [3.8, 4) is 0 Å². The maximum atomic E-state index is 13.7. The van der Waals surface area contributed by atoms with Crippen molar-refractivity contribution < 1.29 is 22.8 Å². The van der Waals surface area contributed by atoms with E-state index < -0.39 is 17.6 Å². The molecule has 0 saturated heterocycles. The van der Waals surface area contributed by atoms with Gasteiger partial charge < -0.3 is 10.2 Å². The zero-order valence-electron chi connectivity index (χ0n) is 19.7. The molecule has 1 fully saturated rings. The third kappa shape index (κ3) is 7.99. The summed E-state index contributed by atoms with van der Waals surface area (Å²) in [5.41, 5.74) is 2.65. The highest BCUT2D eigenvalue weighted by Gasteiger charge is 2.35. The highest BCUT2D eigenvalue weighted by atomic mass is 19.4. The van der Waals surface area contributed by atoms with Gasteiger partial charge in [-0.15, -0.1) is 4.91 Å². The molecule has 188 valence electrons. The Balaban J connectivity index is 1.57. The zero-order valence-corrected chi connectivity index (χ0v) is 19.7. The molecule has 0 spiro atoms. The van der Waals surface area contributed by atoms with Gasteiger partial charge in [-0.05, 0) is 54.0 Å². The van der Waals surface area contributed by atoms with Gasteiger partial charge in [-0.25, -0.2) is 0 Å². The van der Waals surface area contributed by atoms with Crippen LogP contribution in [0.5, 0.6) is 0 Å². The lowest BCUT2D eigenvalue weighted by atomic mass is 9.81. The Morgan fingerprint density at radius 3 is 2.40 bits per heavy atom. The van der Waals surface area contributed by atoms with Gasteiger partial charge in [-0.3, -0.25) is 4.79 Å². The number of alkyl halides is 3. The number of amides is 1. The molecule has 1 saturated carbocycles. The first-order valence-corrected chi connectivity index (χ1v) is 11.8. The minimum atomic E-state index is -4.40. The van der Waals surface area contributed by atoms with Crippen LogP contribution in [0.3, 0.4) is 0 Å². The molecule has 0 aliphatic heterocycles. The van der Waals surface area contributed by atoms with E-state index in [1.54, 1.807) is 19.1 Å². The van der Waals surface area contributed by atoms with Crippen LogP contribution in [-0.4, -0.2) is 18.2 Å². The van der Waals surface area contributed by atoms with Crippen LogP contribution in [0.25, 0.3) is 0 Å². The predicted molar refractivity (Wildman–Crippen MR) is 128 cm³/mol. The average molecular weight is 490 g/mol. The summed E-state index contributed by atoms with van der Waals surface area (Å²) in [6.45, 7) is 2.59. The highest BCUT2D eigenvalue weighted by molar-refractivity contribution is 5.98. The van der Waals surface area contributed by atoms with E-state index in [9.17, 15) is 22.9 Å². The first-order chi connectivity index (χ1) is 16.8.